The van der Waals surface area contributed by atoms with Crippen LogP contribution in [0.4, 0.5) is 0 Å². The molecule has 0 heterocycles. The molecule has 0 aromatic rings. The molecule has 44 valence electrons. The van der Waals surface area contributed by atoms with Crippen molar-refractivity contribution in [1.82, 2.24) is 5.32 Å². The predicted octanol–water partition coefficient (Wildman–Crippen LogP) is 0.819. The van der Waals surface area contributed by atoms with Gasteiger partial charge in [-0.3, -0.25) is 0 Å². The molecule has 0 aliphatic rings. The summed E-state index contributed by atoms with van der Waals surface area (Å²) in [5, 5.41) is 3.31. The second-order valence-corrected chi connectivity index (χ2v) is 3.28. The monoisotopic (exact) mass is 220 g/mol. The quantitative estimate of drug-likeness (QED) is 0.690. The van der Waals surface area contributed by atoms with E-state index < -0.39 is 0 Å². The Bertz CT molecular complexity index is 47.8. The van der Waals surface area contributed by atoms with Crippen molar-refractivity contribution in [2.75, 3.05) is 13.1 Å². The summed E-state index contributed by atoms with van der Waals surface area (Å²) < 4.78 is 1.37. The summed E-state index contributed by atoms with van der Waals surface area (Å²) in [5.41, 5.74) is 0. The summed E-state index contributed by atoms with van der Waals surface area (Å²) in [5.74, 6) is 0.883. The van der Waals surface area contributed by atoms with E-state index >= 15 is 0 Å². The van der Waals surface area contributed by atoms with E-state index in [0.717, 1.165) is 12.5 Å². The van der Waals surface area contributed by atoms with E-state index in [-0.39, 0.29) is 0 Å². The van der Waals surface area contributed by atoms with Crippen LogP contribution in [0.15, 0.2) is 0 Å². The summed E-state index contributed by atoms with van der Waals surface area (Å²) in [6.45, 7) is 6.75. The fourth-order valence-electron chi connectivity index (χ4n) is 0.463. The molecule has 8 heavy (non-hydrogen) atoms. The molecule has 0 spiro atoms. The second kappa shape index (κ2) is 5.89. The molecule has 0 rings (SSSR count). The number of hydrogen-bond donors (Lipinski definition) is 1. The van der Waals surface area contributed by atoms with Crippen LogP contribution in [0, 0.1) is 5.92 Å². The van der Waals surface area contributed by atoms with Crippen molar-refractivity contribution < 1.29 is 0 Å². The zero-order valence-corrected chi connectivity index (χ0v) is 8.55. The normalized spacial score (nSPS) is 14.0. The average Bonchev–Trinajstić information content (AvgIpc) is 1.83. The predicted molar refractivity (Wildman–Crippen MR) is 38.3 cm³/mol. The molecule has 0 aliphatic heterocycles. The number of nitrogens with one attached hydrogen (secondary N) is 1. The van der Waals surface area contributed by atoms with Crippen LogP contribution in [0.1, 0.15) is 13.8 Å². The van der Waals surface area contributed by atoms with Crippen LogP contribution in [0.25, 0.3) is 0 Å². The van der Waals surface area contributed by atoms with E-state index in [1.165, 1.54) is 11.0 Å². The fourth-order valence-corrected chi connectivity index (χ4v) is 0.875. The molecule has 1 N–H and O–H groups in total. The van der Waals surface area contributed by atoms with Crippen LogP contribution in [0.3, 0.4) is 0 Å². The summed E-state index contributed by atoms with van der Waals surface area (Å²) in [6.07, 6.45) is 0. The van der Waals surface area contributed by atoms with Crippen LogP contribution >= 0.6 is 0 Å². The molecule has 1 unspecified atom stereocenters. The van der Waals surface area contributed by atoms with Gasteiger partial charge in [-0.1, -0.05) is 0 Å². The van der Waals surface area contributed by atoms with Crippen molar-refractivity contribution in [2.45, 2.75) is 18.3 Å². The first-order valence-electron chi connectivity index (χ1n) is 3.16. The Morgan fingerprint density at radius 3 is 2.62 bits per heavy atom. The van der Waals surface area contributed by atoms with Gasteiger partial charge in [0.25, 0.3) is 0 Å². The molecule has 0 aromatic carbocycles. The van der Waals surface area contributed by atoms with E-state index in [9.17, 15) is 0 Å². The molecular formula is C6H14NSn+3. The molecule has 0 fully saturated rings. The van der Waals surface area contributed by atoms with Crippen LogP contribution in [0.2, 0.25) is 4.44 Å². The first kappa shape index (κ1) is 8.76. The van der Waals surface area contributed by atoms with Gasteiger partial charge in [-0.05, 0) is 0 Å². The SMILES string of the molecule is CCNCC(C)[CH2][Sn+3]. The number of hydrogen-bond acceptors (Lipinski definition) is 1. The Kier molecular flexibility index (Phi) is 6.45. The molecule has 0 aliphatic carbocycles. The summed E-state index contributed by atoms with van der Waals surface area (Å²) in [4.78, 5) is 0. The molecule has 2 heteroatoms. The van der Waals surface area contributed by atoms with Gasteiger partial charge in [0.05, 0.1) is 0 Å². The van der Waals surface area contributed by atoms with Gasteiger partial charge in [-0.2, -0.15) is 0 Å². The Hall–Kier alpha value is 0.759. The Morgan fingerprint density at radius 2 is 2.25 bits per heavy atom. The van der Waals surface area contributed by atoms with Gasteiger partial charge in [0.2, 0.25) is 0 Å². The molecule has 0 saturated heterocycles. The first-order valence-corrected chi connectivity index (χ1v) is 5.18. The Balaban J connectivity index is 2.86. The first-order chi connectivity index (χ1) is 3.81. The zero-order chi connectivity index (χ0) is 6.41. The number of rotatable bonds is 4. The third-order valence-electron chi connectivity index (χ3n) is 1.09. The van der Waals surface area contributed by atoms with Gasteiger partial charge >= 0.3 is 65.1 Å². The topological polar surface area (TPSA) is 12.0 Å². The van der Waals surface area contributed by atoms with Gasteiger partial charge < -0.3 is 0 Å². The molecule has 0 bridgehead atoms. The van der Waals surface area contributed by atoms with Crippen LogP contribution < -0.4 is 5.32 Å². The second-order valence-electron chi connectivity index (χ2n) is 2.12. The maximum atomic E-state index is 3.31. The van der Waals surface area contributed by atoms with Crippen molar-refractivity contribution in [3.05, 3.63) is 0 Å². The van der Waals surface area contributed by atoms with E-state index in [2.05, 4.69) is 19.2 Å². The standard InChI is InChI=1S/C6H14N.Sn/c1-4-7-5-6(2)3;/h6-7H,2,4-5H2,1,3H3;/q;+3. The van der Waals surface area contributed by atoms with Gasteiger partial charge in [0.15, 0.2) is 0 Å². The van der Waals surface area contributed by atoms with Crippen molar-refractivity contribution in [3.8, 4) is 0 Å². The summed E-state index contributed by atoms with van der Waals surface area (Å²) >= 11 is 1.66. The van der Waals surface area contributed by atoms with E-state index in [1.807, 2.05) is 0 Å². The van der Waals surface area contributed by atoms with Crippen LogP contribution in [-0.4, -0.2) is 35.6 Å². The van der Waals surface area contributed by atoms with E-state index in [1.54, 1.807) is 22.5 Å². The third-order valence-corrected chi connectivity index (χ3v) is 3.08. The Labute approximate surface area is 65.3 Å². The van der Waals surface area contributed by atoms with Gasteiger partial charge in [-0.15, -0.1) is 0 Å². The Morgan fingerprint density at radius 1 is 1.62 bits per heavy atom. The third kappa shape index (κ3) is 4.91. The van der Waals surface area contributed by atoms with Gasteiger partial charge in [0.1, 0.15) is 0 Å². The van der Waals surface area contributed by atoms with Gasteiger partial charge in [-0.25, -0.2) is 0 Å². The minimum absolute atomic E-state index is 0.883. The average molecular weight is 219 g/mol. The molecule has 0 saturated carbocycles. The van der Waals surface area contributed by atoms with Crippen molar-refractivity contribution in [3.63, 3.8) is 0 Å². The zero-order valence-electron chi connectivity index (χ0n) is 5.70. The molecule has 0 amide bonds. The fraction of sp³-hybridized carbons (Fsp3) is 1.00. The summed E-state index contributed by atoms with van der Waals surface area (Å²) in [6, 6.07) is 0. The van der Waals surface area contributed by atoms with Crippen LogP contribution in [0.5, 0.6) is 0 Å². The molecule has 0 radical (unpaired) electrons. The summed E-state index contributed by atoms with van der Waals surface area (Å²) in [7, 11) is 0. The van der Waals surface area contributed by atoms with Crippen molar-refractivity contribution in [1.29, 1.82) is 0 Å². The minimum atomic E-state index is 0.883. The van der Waals surface area contributed by atoms with E-state index in [4.69, 9.17) is 0 Å². The molecule has 1 atom stereocenters. The van der Waals surface area contributed by atoms with E-state index in [0.29, 0.717) is 0 Å². The molecule has 1 nitrogen and oxygen atoms in total. The molecule has 0 aromatic heterocycles. The van der Waals surface area contributed by atoms with Crippen molar-refractivity contribution >= 4 is 22.5 Å². The van der Waals surface area contributed by atoms with Crippen molar-refractivity contribution in [2.24, 2.45) is 5.92 Å². The molecular weight excluding hydrogens is 205 g/mol. The van der Waals surface area contributed by atoms with Gasteiger partial charge in [0, 0.05) is 0 Å². The van der Waals surface area contributed by atoms with Crippen LogP contribution in [-0.2, 0) is 0 Å². The maximum absolute atomic E-state index is 3.31.